The van der Waals surface area contributed by atoms with Crippen LogP contribution in [0.25, 0.3) is 11.3 Å². The summed E-state index contributed by atoms with van der Waals surface area (Å²) in [5, 5.41) is 9.35. The molecule has 1 heterocycles. The molecule has 5 heteroatoms. The van der Waals surface area contributed by atoms with Crippen molar-refractivity contribution in [1.82, 2.24) is 4.98 Å². The van der Waals surface area contributed by atoms with Gasteiger partial charge in [0.2, 0.25) is 5.89 Å². The van der Waals surface area contributed by atoms with Gasteiger partial charge in [-0.25, -0.2) is 4.98 Å². The number of oxazole rings is 1. The molecule has 0 amide bonds. The van der Waals surface area contributed by atoms with Crippen molar-refractivity contribution in [3.05, 3.63) is 41.4 Å². The molecule has 0 aliphatic carbocycles. The molecule has 3 nitrogen and oxygen atoms in total. The van der Waals surface area contributed by atoms with Crippen LogP contribution in [0.2, 0.25) is 5.02 Å². The summed E-state index contributed by atoms with van der Waals surface area (Å²) in [5.74, 6) is 2.74. The van der Waals surface area contributed by atoms with E-state index in [4.69, 9.17) is 21.1 Å². The van der Waals surface area contributed by atoms with Gasteiger partial charge in [-0.1, -0.05) is 23.7 Å². The summed E-state index contributed by atoms with van der Waals surface area (Å²) in [6, 6.07) is 7.46. The van der Waals surface area contributed by atoms with Crippen LogP contribution in [0.15, 0.2) is 34.9 Å². The summed E-state index contributed by atoms with van der Waals surface area (Å²) >= 11 is 7.50. The van der Waals surface area contributed by atoms with Crippen LogP contribution in [-0.2, 0) is 5.75 Å². The summed E-state index contributed by atoms with van der Waals surface area (Å²) in [7, 11) is 0. The number of hydrogen-bond acceptors (Lipinski definition) is 4. The first-order valence-electron chi connectivity index (χ1n) is 5.19. The molecule has 2 rings (SSSR count). The molecule has 0 bridgehead atoms. The minimum absolute atomic E-state index is 0.173. The molecular formula is C12H12ClNO2S. The molecule has 1 aromatic carbocycles. The lowest BCUT2D eigenvalue weighted by molar-refractivity contribution is 0.322. The molecule has 0 aliphatic rings. The van der Waals surface area contributed by atoms with Crippen LogP contribution in [0, 0.1) is 0 Å². The van der Waals surface area contributed by atoms with Crippen LogP contribution < -0.4 is 0 Å². The molecule has 0 fully saturated rings. The molecule has 1 N–H and O–H groups in total. The van der Waals surface area contributed by atoms with Crippen LogP contribution in [0.5, 0.6) is 0 Å². The largest absolute Gasteiger partial charge is 0.440 e. The smallest absolute Gasteiger partial charge is 0.204 e. The van der Waals surface area contributed by atoms with Crippen molar-refractivity contribution in [3.63, 3.8) is 0 Å². The fraction of sp³-hybridized carbons (Fsp3) is 0.250. The Morgan fingerprint density at radius 3 is 3.06 bits per heavy atom. The number of nitrogens with zero attached hydrogens (tertiary/aromatic N) is 1. The highest BCUT2D eigenvalue weighted by Crippen LogP contribution is 2.24. The fourth-order valence-corrected chi connectivity index (χ4v) is 2.15. The molecule has 0 radical (unpaired) electrons. The first kappa shape index (κ1) is 12.5. The summed E-state index contributed by atoms with van der Waals surface area (Å²) in [5.41, 5.74) is 0.920. The molecular weight excluding hydrogens is 258 g/mol. The number of rotatable bonds is 5. The third-order valence-corrected chi connectivity index (χ3v) is 3.28. The van der Waals surface area contributed by atoms with Crippen molar-refractivity contribution < 1.29 is 9.52 Å². The SMILES string of the molecule is OCCSCc1ncc(-c2cccc(Cl)c2)o1. The van der Waals surface area contributed by atoms with Crippen LogP contribution >= 0.6 is 23.4 Å². The van der Waals surface area contributed by atoms with Crippen molar-refractivity contribution in [3.8, 4) is 11.3 Å². The van der Waals surface area contributed by atoms with Gasteiger partial charge in [0.1, 0.15) is 0 Å². The van der Waals surface area contributed by atoms with Gasteiger partial charge in [-0.15, -0.1) is 11.8 Å². The predicted octanol–water partition coefficient (Wildman–Crippen LogP) is 3.22. The van der Waals surface area contributed by atoms with E-state index in [-0.39, 0.29) is 6.61 Å². The monoisotopic (exact) mass is 269 g/mol. The molecule has 0 atom stereocenters. The Kier molecular flexibility index (Phi) is 4.48. The Morgan fingerprint density at radius 1 is 1.41 bits per heavy atom. The van der Waals surface area contributed by atoms with E-state index in [2.05, 4.69) is 4.98 Å². The van der Waals surface area contributed by atoms with E-state index in [0.29, 0.717) is 28.2 Å². The second kappa shape index (κ2) is 6.10. The Hall–Kier alpha value is -0.970. The molecule has 0 saturated carbocycles. The van der Waals surface area contributed by atoms with E-state index >= 15 is 0 Å². The Morgan fingerprint density at radius 2 is 2.29 bits per heavy atom. The molecule has 1 aromatic heterocycles. The van der Waals surface area contributed by atoms with Gasteiger partial charge in [-0.05, 0) is 12.1 Å². The van der Waals surface area contributed by atoms with Gasteiger partial charge >= 0.3 is 0 Å². The molecule has 0 unspecified atom stereocenters. The maximum atomic E-state index is 8.67. The number of halogens is 1. The van der Waals surface area contributed by atoms with Crippen molar-refractivity contribution in [1.29, 1.82) is 0 Å². The zero-order valence-electron chi connectivity index (χ0n) is 9.10. The summed E-state index contributed by atoms with van der Waals surface area (Å²) in [4.78, 5) is 4.18. The lowest BCUT2D eigenvalue weighted by Gasteiger charge is -1.97. The number of hydrogen-bond donors (Lipinski definition) is 1. The number of aliphatic hydroxyl groups is 1. The zero-order chi connectivity index (χ0) is 12.1. The average Bonchev–Trinajstić information content (AvgIpc) is 2.78. The minimum atomic E-state index is 0.173. The van der Waals surface area contributed by atoms with Gasteiger partial charge < -0.3 is 9.52 Å². The number of aromatic nitrogens is 1. The highest BCUT2D eigenvalue weighted by molar-refractivity contribution is 7.98. The normalized spacial score (nSPS) is 10.7. The van der Waals surface area contributed by atoms with Gasteiger partial charge in [0, 0.05) is 16.3 Å². The number of aliphatic hydroxyl groups excluding tert-OH is 1. The second-order valence-corrected chi connectivity index (χ2v) is 4.95. The molecule has 17 heavy (non-hydrogen) atoms. The molecule has 2 aromatic rings. The third kappa shape index (κ3) is 3.49. The minimum Gasteiger partial charge on any atom is -0.440 e. The Balaban J connectivity index is 2.07. The standard InChI is InChI=1S/C12H12ClNO2S/c13-10-3-1-2-9(6-10)11-7-14-12(16-11)8-17-5-4-15/h1-3,6-7,15H,4-5,8H2. The topological polar surface area (TPSA) is 46.3 Å². The highest BCUT2D eigenvalue weighted by atomic mass is 35.5. The highest BCUT2D eigenvalue weighted by Gasteiger charge is 2.06. The van der Waals surface area contributed by atoms with E-state index in [1.807, 2.05) is 24.3 Å². The van der Waals surface area contributed by atoms with Crippen LogP contribution in [0.1, 0.15) is 5.89 Å². The van der Waals surface area contributed by atoms with Gasteiger partial charge in [0.05, 0.1) is 18.6 Å². The summed E-state index contributed by atoms with van der Waals surface area (Å²) in [6.45, 7) is 0.173. The van der Waals surface area contributed by atoms with E-state index in [0.717, 1.165) is 5.56 Å². The molecule has 90 valence electrons. The maximum absolute atomic E-state index is 8.67. The van der Waals surface area contributed by atoms with Gasteiger partial charge in [-0.3, -0.25) is 0 Å². The quantitative estimate of drug-likeness (QED) is 0.847. The zero-order valence-corrected chi connectivity index (χ0v) is 10.7. The van der Waals surface area contributed by atoms with E-state index < -0.39 is 0 Å². The van der Waals surface area contributed by atoms with E-state index in [1.165, 1.54) is 0 Å². The Labute approximate surface area is 109 Å². The third-order valence-electron chi connectivity index (χ3n) is 2.12. The van der Waals surface area contributed by atoms with Crippen molar-refractivity contribution >= 4 is 23.4 Å². The van der Waals surface area contributed by atoms with E-state index in [9.17, 15) is 0 Å². The van der Waals surface area contributed by atoms with Gasteiger partial charge in [0.25, 0.3) is 0 Å². The first-order chi connectivity index (χ1) is 8.29. The van der Waals surface area contributed by atoms with Gasteiger partial charge in [0.15, 0.2) is 5.76 Å². The predicted molar refractivity (Wildman–Crippen MR) is 70.2 cm³/mol. The number of benzene rings is 1. The van der Waals surface area contributed by atoms with Crippen molar-refractivity contribution in [2.45, 2.75) is 5.75 Å². The lowest BCUT2D eigenvalue weighted by Crippen LogP contribution is -1.87. The molecule has 0 saturated heterocycles. The van der Waals surface area contributed by atoms with E-state index in [1.54, 1.807) is 18.0 Å². The van der Waals surface area contributed by atoms with Crippen LogP contribution in [-0.4, -0.2) is 22.5 Å². The Bertz CT molecular complexity index is 487. The van der Waals surface area contributed by atoms with Gasteiger partial charge in [-0.2, -0.15) is 0 Å². The van der Waals surface area contributed by atoms with Crippen molar-refractivity contribution in [2.24, 2.45) is 0 Å². The average molecular weight is 270 g/mol. The van der Waals surface area contributed by atoms with Crippen LogP contribution in [0.4, 0.5) is 0 Å². The maximum Gasteiger partial charge on any atom is 0.204 e. The first-order valence-corrected chi connectivity index (χ1v) is 6.72. The van der Waals surface area contributed by atoms with Crippen molar-refractivity contribution in [2.75, 3.05) is 12.4 Å². The summed E-state index contributed by atoms with van der Waals surface area (Å²) < 4.78 is 5.60. The number of thioether (sulfide) groups is 1. The van der Waals surface area contributed by atoms with Crippen LogP contribution in [0.3, 0.4) is 0 Å². The molecule has 0 spiro atoms. The summed E-state index contributed by atoms with van der Waals surface area (Å²) in [6.07, 6.45) is 1.69. The fourth-order valence-electron chi connectivity index (χ4n) is 1.38. The molecule has 0 aliphatic heterocycles. The lowest BCUT2D eigenvalue weighted by atomic mass is 10.2. The second-order valence-electron chi connectivity index (χ2n) is 3.40.